The van der Waals surface area contributed by atoms with Crippen molar-refractivity contribution in [3.05, 3.63) is 126 Å². The number of anilines is 1. The lowest BCUT2D eigenvalue weighted by atomic mass is 10.0. The fraction of sp³-hybridized carbons (Fsp3) is 0.121. The first-order chi connectivity index (χ1) is 19.5. The number of aromatic nitrogens is 2. The first-order valence-electron chi connectivity index (χ1n) is 13.2. The Kier molecular flexibility index (Phi) is 8.38. The van der Waals surface area contributed by atoms with Crippen molar-refractivity contribution in [1.82, 2.24) is 14.7 Å². The molecule has 0 fully saturated rings. The maximum absolute atomic E-state index is 13.4. The number of carbonyl (C=O) groups is 2. The zero-order valence-electron chi connectivity index (χ0n) is 22.1. The average Bonchev–Trinajstić information content (AvgIpc) is 3.41. The zero-order chi connectivity index (χ0) is 27.9. The fourth-order valence-electron chi connectivity index (χ4n) is 4.52. The van der Waals surface area contributed by atoms with Crippen molar-refractivity contribution in [2.45, 2.75) is 13.3 Å². The van der Waals surface area contributed by atoms with Gasteiger partial charge >= 0.3 is 0 Å². The topological polar surface area (TPSA) is 67.2 Å². The summed E-state index contributed by atoms with van der Waals surface area (Å²) in [6.07, 6.45) is 0.719. The van der Waals surface area contributed by atoms with Crippen LogP contribution >= 0.6 is 11.6 Å². The van der Waals surface area contributed by atoms with E-state index in [0.717, 1.165) is 23.1 Å². The minimum Gasteiger partial charge on any atom is -0.329 e. The van der Waals surface area contributed by atoms with Crippen LogP contribution < -0.4 is 5.32 Å². The van der Waals surface area contributed by atoms with Crippen molar-refractivity contribution in [3.8, 4) is 28.1 Å². The number of para-hydroxylation sites is 1. The van der Waals surface area contributed by atoms with E-state index >= 15 is 0 Å². The summed E-state index contributed by atoms with van der Waals surface area (Å²) < 4.78 is 1.62. The van der Waals surface area contributed by atoms with E-state index in [2.05, 4.69) is 5.32 Å². The molecule has 6 nitrogen and oxygen atoms in total. The molecule has 0 bridgehead atoms. The first-order valence-corrected chi connectivity index (χ1v) is 13.6. The molecule has 7 heteroatoms. The summed E-state index contributed by atoms with van der Waals surface area (Å²) in [6.45, 7) is 2.34. The van der Waals surface area contributed by atoms with Gasteiger partial charge in [-0.15, -0.1) is 0 Å². The van der Waals surface area contributed by atoms with Gasteiger partial charge in [0.05, 0.1) is 16.4 Å². The van der Waals surface area contributed by atoms with Gasteiger partial charge < -0.3 is 10.2 Å². The lowest BCUT2D eigenvalue weighted by Crippen LogP contribution is -2.38. The Bertz CT molecular complexity index is 1600. The van der Waals surface area contributed by atoms with Crippen molar-refractivity contribution < 1.29 is 9.59 Å². The number of nitrogens with zero attached hydrogens (tertiary/aromatic N) is 3. The Morgan fingerprint density at radius 1 is 0.800 bits per heavy atom. The monoisotopic (exact) mass is 548 g/mol. The molecule has 0 aliphatic rings. The molecule has 0 aliphatic carbocycles. The van der Waals surface area contributed by atoms with Gasteiger partial charge in [0.1, 0.15) is 12.4 Å². The summed E-state index contributed by atoms with van der Waals surface area (Å²) in [6, 6.07) is 36.3. The van der Waals surface area contributed by atoms with Crippen molar-refractivity contribution in [3.63, 3.8) is 0 Å². The molecule has 2 amide bonds. The highest BCUT2D eigenvalue weighted by atomic mass is 35.5. The zero-order valence-corrected chi connectivity index (χ0v) is 22.9. The van der Waals surface area contributed by atoms with Crippen molar-refractivity contribution in [2.75, 3.05) is 18.4 Å². The minimum absolute atomic E-state index is 0.0958. The van der Waals surface area contributed by atoms with E-state index in [1.54, 1.807) is 15.6 Å². The maximum atomic E-state index is 13.4. The average molecular weight is 549 g/mol. The Morgan fingerprint density at radius 2 is 1.40 bits per heavy atom. The van der Waals surface area contributed by atoms with E-state index in [-0.39, 0.29) is 18.4 Å². The van der Waals surface area contributed by atoms with Crippen LogP contribution in [-0.4, -0.2) is 39.6 Å². The molecule has 0 saturated heterocycles. The molecule has 0 saturated carbocycles. The molecule has 1 N–H and O–H groups in total. The smallest absolute Gasteiger partial charge is 0.254 e. The van der Waals surface area contributed by atoms with Gasteiger partial charge in [-0.2, -0.15) is 5.10 Å². The van der Waals surface area contributed by atoms with Crippen LogP contribution in [0.3, 0.4) is 0 Å². The van der Waals surface area contributed by atoms with Gasteiger partial charge in [-0.1, -0.05) is 103 Å². The Labute approximate surface area is 238 Å². The van der Waals surface area contributed by atoms with E-state index in [1.165, 1.54) is 0 Å². The van der Waals surface area contributed by atoms with Crippen LogP contribution in [0, 0.1) is 0 Å². The quantitative estimate of drug-likeness (QED) is 0.209. The molecule has 1 heterocycles. The highest BCUT2D eigenvalue weighted by Gasteiger charge is 2.21. The molecule has 0 radical (unpaired) electrons. The lowest BCUT2D eigenvalue weighted by molar-refractivity contribution is -0.116. The molecule has 0 aliphatic heterocycles. The van der Waals surface area contributed by atoms with E-state index in [1.807, 2.05) is 116 Å². The Balaban J connectivity index is 1.37. The number of carbonyl (C=O) groups excluding carboxylic acids is 2. The second kappa shape index (κ2) is 12.5. The molecule has 0 unspecified atom stereocenters. The van der Waals surface area contributed by atoms with E-state index in [9.17, 15) is 9.59 Å². The van der Waals surface area contributed by atoms with E-state index < -0.39 is 0 Å². The standard InChI is InChI=1S/C33H29ClN4O2/c1-2-21-37(33(40)27-19-17-25(18-20-27)24-11-5-3-6-12-24)23-32(39)35-31-22-29(26-13-7-4-8-14-26)36-38(31)30-16-10-9-15-28(30)34/h3-20,22H,2,21,23H2,1H3,(H,35,39). The first kappa shape index (κ1) is 26.9. The predicted octanol–water partition coefficient (Wildman–Crippen LogP) is 7.35. The van der Waals surface area contributed by atoms with E-state index in [4.69, 9.17) is 16.7 Å². The normalized spacial score (nSPS) is 10.8. The molecule has 0 spiro atoms. The van der Waals surface area contributed by atoms with Gasteiger partial charge in [0.2, 0.25) is 5.91 Å². The van der Waals surface area contributed by atoms with Gasteiger partial charge in [0.25, 0.3) is 5.91 Å². The number of nitrogens with one attached hydrogen (secondary N) is 1. The summed E-state index contributed by atoms with van der Waals surface area (Å²) in [7, 11) is 0. The molecule has 200 valence electrons. The molecule has 0 atom stereocenters. The summed E-state index contributed by atoms with van der Waals surface area (Å²) in [5.41, 5.74) is 4.88. The van der Waals surface area contributed by atoms with E-state index in [0.29, 0.717) is 34.3 Å². The van der Waals surface area contributed by atoms with Gasteiger partial charge in [-0.05, 0) is 41.8 Å². The van der Waals surface area contributed by atoms with Crippen LogP contribution in [0.15, 0.2) is 115 Å². The predicted molar refractivity (Wildman–Crippen MR) is 161 cm³/mol. The molecule has 1 aromatic heterocycles. The highest BCUT2D eigenvalue weighted by Crippen LogP contribution is 2.28. The van der Waals surface area contributed by atoms with Crippen molar-refractivity contribution >= 4 is 29.2 Å². The number of benzene rings is 4. The number of amides is 2. The van der Waals surface area contributed by atoms with Crippen LogP contribution in [-0.2, 0) is 4.79 Å². The third-order valence-electron chi connectivity index (χ3n) is 6.48. The van der Waals surface area contributed by atoms with Gasteiger partial charge in [-0.25, -0.2) is 4.68 Å². The van der Waals surface area contributed by atoms with Crippen LogP contribution in [0.5, 0.6) is 0 Å². The number of hydrogen-bond acceptors (Lipinski definition) is 3. The number of hydrogen-bond donors (Lipinski definition) is 1. The van der Waals surface area contributed by atoms with Gasteiger partial charge in [0.15, 0.2) is 0 Å². The SMILES string of the molecule is CCCN(CC(=O)Nc1cc(-c2ccccc2)nn1-c1ccccc1Cl)C(=O)c1ccc(-c2ccccc2)cc1. The van der Waals surface area contributed by atoms with Crippen molar-refractivity contribution in [2.24, 2.45) is 0 Å². The summed E-state index contributed by atoms with van der Waals surface area (Å²) in [4.78, 5) is 28.3. The summed E-state index contributed by atoms with van der Waals surface area (Å²) in [5.74, 6) is -0.0511. The van der Waals surface area contributed by atoms with Crippen molar-refractivity contribution in [1.29, 1.82) is 0 Å². The Morgan fingerprint density at radius 3 is 2.05 bits per heavy atom. The second-order valence-electron chi connectivity index (χ2n) is 9.36. The van der Waals surface area contributed by atoms with Crippen LogP contribution in [0.4, 0.5) is 5.82 Å². The van der Waals surface area contributed by atoms with Crippen LogP contribution in [0.25, 0.3) is 28.1 Å². The van der Waals surface area contributed by atoms with Gasteiger partial charge in [0, 0.05) is 23.7 Å². The van der Waals surface area contributed by atoms with Crippen LogP contribution in [0.1, 0.15) is 23.7 Å². The largest absolute Gasteiger partial charge is 0.329 e. The minimum atomic E-state index is -0.324. The number of rotatable bonds is 9. The molecule has 4 aromatic carbocycles. The van der Waals surface area contributed by atoms with Gasteiger partial charge in [-0.3, -0.25) is 9.59 Å². The molecule has 40 heavy (non-hydrogen) atoms. The molecule has 5 aromatic rings. The third-order valence-corrected chi connectivity index (χ3v) is 6.80. The third kappa shape index (κ3) is 6.14. The fourth-order valence-corrected chi connectivity index (χ4v) is 4.74. The summed E-state index contributed by atoms with van der Waals surface area (Å²) in [5, 5.41) is 8.20. The molecular formula is C33H29ClN4O2. The number of halogens is 1. The Hall–Kier alpha value is -4.68. The van der Waals surface area contributed by atoms with Crippen LogP contribution in [0.2, 0.25) is 5.02 Å². The highest BCUT2D eigenvalue weighted by molar-refractivity contribution is 6.32. The maximum Gasteiger partial charge on any atom is 0.254 e. The molecular weight excluding hydrogens is 520 g/mol. The lowest BCUT2D eigenvalue weighted by Gasteiger charge is -2.22. The second-order valence-corrected chi connectivity index (χ2v) is 9.77. The molecule has 5 rings (SSSR count). The summed E-state index contributed by atoms with van der Waals surface area (Å²) >= 11 is 6.48.